The highest BCUT2D eigenvalue weighted by molar-refractivity contribution is 5.47. The molecule has 1 unspecified atom stereocenters. The SMILES string of the molecule is CN(C)c1ccc(C(O)c2ccc(C#N)cc2)cc1. The van der Waals surface area contributed by atoms with Crippen LogP contribution in [0.3, 0.4) is 0 Å². The van der Waals surface area contributed by atoms with E-state index in [2.05, 4.69) is 6.07 Å². The van der Waals surface area contributed by atoms with Gasteiger partial charge >= 0.3 is 0 Å². The molecule has 19 heavy (non-hydrogen) atoms. The summed E-state index contributed by atoms with van der Waals surface area (Å²) in [7, 11) is 3.96. The fraction of sp³-hybridized carbons (Fsp3) is 0.188. The predicted octanol–water partition coefficient (Wildman–Crippen LogP) is 2.71. The average Bonchev–Trinajstić information content (AvgIpc) is 2.46. The summed E-state index contributed by atoms with van der Waals surface area (Å²) in [4.78, 5) is 2.01. The van der Waals surface area contributed by atoms with Crippen molar-refractivity contribution in [1.82, 2.24) is 0 Å². The monoisotopic (exact) mass is 252 g/mol. The van der Waals surface area contributed by atoms with Gasteiger partial charge in [0, 0.05) is 19.8 Å². The maximum absolute atomic E-state index is 10.3. The van der Waals surface area contributed by atoms with E-state index in [9.17, 15) is 5.11 Å². The molecule has 3 nitrogen and oxygen atoms in total. The lowest BCUT2D eigenvalue weighted by Gasteiger charge is -2.15. The zero-order valence-corrected chi connectivity index (χ0v) is 11.0. The molecule has 0 aromatic heterocycles. The third-order valence-electron chi connectivity index (χ3n) is 3.08. The Balaban J connectivity index is 2.23. The van der Waals surface area contributed by atoms with Crippen LogP contribution in [0.5, 0.6) is 0 Å². The van der Waals surface area contributed by atoms with Crippen LogP contribution >= 0.6 is 0 Å². The molecule has 0 saturated carbocycles. The van der Waals surface area contributed by atoms with Crippen LogP contribution in [-0.4, -0.2) is 19.2 Å². The number of nitriles is 1. The molecule has 0 spiro atoms. The van der Waals surface area contributed by atoms with E-state index in [0.29, 0.717) is 5.56 Å². The van der Waals surface area contributed by atoms with Gasteiger partial charge in [-0.05, 0) is 35.4 Å². The molecule has 1 N–H and O–H groups in total. The van der Waals surface area contributed by atoms with E-state index in [1.165, 1.54) is 0 Å². The lowest BCUT2D eigenvalue weighted by Crippen LogP contribution is -2.08. The number of hydrogen-bond donors (Lipinski definition) is 1. The number of aliphatic hydroxyl groups is 1. The number of rotatable bonds is 3. The molecule has 0 heterocycles. The van der Waals surface area contributed by atoms with Gasteiger partial charge in [-0.3, -0.25) is 0 Å². The minimum Gasteiger partial charge on any atom is -0.384 e. The van der Waals surface area contributed by atoms with Gasteiger partial charge in [0.15, 0.2) is 0 Å². The number of nitrogens with zero attached hydrogens (tertiary/aromatic N) is 2. The summed E-state index contributed by atoms with van der Waals surface area (Å²) < 4.78 is 0. The lowest BCUT2D eigenvalue weighted by molar-refractivity contribution is 0.220. The highest BCUT2D eigenvalue weighted by Gasteiger charge is 2.10. The van der Waals surface area contributed by atoms with Crippen LogP contribution in [0.2, 0.25) is 0 Å². The maximum atomic E-state index is 10.3. The van der Waals surface area contributed by atoms with Crippen molar-refractivity contribution in [3.63, 3.8) is 0 Å². The molecule has 0 bridgehead atoms. The van der Waals surface area contributed by atoms with Crippen LogP contribution < -0.4 is 4.90 Å². The fourth-order valence-electron chi connectivity index (χ4n) is 1.89. The van der Waals surface area contributed by atoms with Crippen LogP contribution in [0.1, 0.15) is 22.8 Å². The Kier molecular flexibility index (Phi) is 3.84. The summed E-state index contributed by atoms with van der Waals surface area (Å²) in [6, 6.07) is 16.8. The minimum absolute atomic E-state index is 0.596. The molecule has 2 aromatic carbocycles. The van der Waals surface area contributed by atoms with E-state index in [4.69, 9.17) is 5.26 Å². The largest absolute Gasteiger partial charge is 0.384 e. The van der Waals surface area contributed by atoms with Gasteiger partial charge in [-0.2, -0.15) is 5.26 Å². The molecular formula is C16H16N2O. The van der Waals surface area contributed by atoms with E-state index >= 15 is 0 Å². The summed E-state index contributed by atoms with van der Waals surface area (Å²) in [5.74, 6) is 0. The summed E-state index contributed by atoms with van der Waals surface area (Å²) in [6.45, 7) is 0. The third kappa shape index (κ3) is 2.93. The number of hydrogen-bond acceptors (Lipinski definition) is 3. The quantitative estimate of drug-likeness (QED) is 0.913. The normalized spacial score (nSPS) is 11.7. The Bertz CT molecular complexity index is 580. The standard InChI is InChI=1S/C16H16N2O/c1-18(2)15-9-7-14(8-10-15)16(19)13-5-3-12(11-17)4-6-13/h3-10,16,19H,1-2H3. The molecule has 0 fully saturated rings. The first-order valence-corrected chi connectivity index (χ1v) is 6.07. The number of benzene rings is 2. The van der Waals surface area contributed by atoms with Crippen LogP contribution in [-0.2, 0) is 0 Å². The smallest absolute Gasteiger partial charge is 0.104 e. The van der Waals surface area contributed by atoms with E-state index in [-0.39, 0.29) is 0 Å². The Labute approximate surface area is 113 Å². The van der Waals surface area contributed by atoms with Gasteiger partial charge in [0.2, 0.25) is 0 Å². The van der Waals surface area contributed by atoms with Crippen molar-refractivity contribution in [2.45, 2.75) is 6.10 Å². The summed E-state index contributed by atoms with van der Waals surface area (Å²) in [5.41, 5.74) is 3.32. The van der Waals surface area contributed by atoms with E-state index in [1.54, 1.807) is 24.3 Å². The summed E-state index contributed by atoms with van der Waals surface area (Å²) in [6.07, 6.45) is -0.663. The third-order valence-corrected chi connectivity index (χ3v) is 3.08. The van der Waals surface area contributed by atoms with Crippen molar-refractivity contribution in [2.24, 2.45) is 0 Å². The molecule has 0 saturated heterocycles. The van der Waals surface area contributed by atoms with Crippen LogP contribution in [0.15, 0.2) is 48.5 Å². The molecular weight excluding hydrogens is 236 g/mol. The van der Waals surface area contributed by atoms with Gasteiger partial charge in [0.1, 0.15) is 6.10 Å². The second kappa shape index (κ2) is 5.55. The second-order valence-electron chi connectivity index (χ2n) is 4.62. The summed E-state index contributed by atoms with van der Waals surface area (Å²) in [5, 5.41) is 19.0. The van der Waals surface area contributed by atoms with Gasteiger partial charge in [0.25, 0.3) is 0 Å². The predicted molar refractivity (Wildman–Crippen MR) is 76.0 cm³/mol. The molecule has 0 amide bonds. The van der Waals surface area contributed by atoms with Crippen molar-refractivity contribution in [3.8, 4) is 6.07 Å². The molecule has 0 aliphatic carbocycles. The lowest BCUT2D eigenvalue weighted by atomic mass is 10.0. The van der Waals surface area contributed by atoms with Gasteiger partial charge < -0.3 is 10.0 Å². The van der Waals surface area contributed by atoms with Crippen LogP contribution in [0.25, 0.3) is 0 Å². The topological polar surface area (TPSA) is 47.3 Å². The first-order chi connectivity index (χ1) is 9.11. The molecule has 0 aliphatic heterocycles. The molecule has 2 rings (SSSR count). The number of aliphatic hydroxyl groups excluding tert-OH is 1. The van der Waals surface area contributed by atoms with Gasteiger partial charge in [-0.1, -0.05) is 24.3 Å². The van der Waals surface area contributed by atoms with Crippen molar-refractivity contribution in [3.05, 3.63) is 65.2 Å². The van der Waals surface area contributed by atoms with E-state index < -0.39 is 6.10 Å². The van der Waals surface area contributed by atoms with E-state index in [0.717, 1.165) is 16.8 Å². The van der Waals surface area contributed by atoms with Gasteiger partial charge in [-0.15, -0.1) is 0 Å². The first kappa shape index (κ1) is 13.1. The molecule has 3 heteroatoms. The number of anilines is 1. The van der Waals surface area contributed by atoms with Gasteiger partial charge in [-0.25, -0.2) is 0 Å². The Hall–Kier alpha value is -2.31. The second-order valence-corrected chi connectivity index (χ2v) is 4.62. The van der Waals surface area contributed by atoms with Crippen molar-refractivity contribution >= 4 is 5.69 Å². The molecule has 0 aliphatic rings. The average molecular weight is 252 g/mol. The molecule has 1 atom stereocenters. The van der Waals surface area contributed by atoms with Crippen molar-refractivity contribution in [1.29, 1.82) is 5.26 Å². The fourth-order valence-corrected chi connectivity index (χ4v) is 1.89. The molecule has 2 aromatic rings. The molecule has 0 radical (unpaired) electrons. The Morgan fingerprint density at radius 1 is 0.947 bits per heavy atom. The van der Waals surface area contributed by atoms with Crippen molar-refractivity contribution in [2.75, 3.05) is 19.0 Å². The van der Waals surface area contributed by atoms with Gasteiger partial charge in [0.05, 0.1) is 11.6 Å². The highest BCUT2D eigenvalue weighted by atomic mass is 16.3. The Morgan fingerprint density at radius 3 is 1.84 bits per heavy atom. The first-order valence-electron chi connectivity index (χ1n) is 6.07. The minimum atomic E-state index is -0.663. The van der Waals surface area contributed by atoms with E-state index in [1.807, 2.05) is 43.3 Å². The zero-order valence-electron chi connectivity index (χ0n) is 11.0. The van der Waals surface area contributed by atoms with Crippen molar-refractivity contribution < 1.29 is 5.11 Å². The summed E-state index contributed by atoms with van der Waals surface area (Å²) >= 11 is 0. The molecule has 96 valence electrons. The Morgan fingerprint density at radius 2 is 1.42 bits per heavy atom. The zero-order chi connectivity index (χ0) is 13.8. The van der Waals surface area contributed by atoms with Crippen LogP contribution in [0, 0.1) is 11.3 Å². The van der Waals surface area contributed by atoms with Crippen LogP contribution in [0.4, 0.5) is 5.69 Å². The maximum Gasteiger partial charge on any atom is 0.104 e. The highest BCUT2D eigenvalue weighted by Crippen LogP contribution is 2.24.